The van der Waals surface area contributed by atoms with Gasteiger partial charge in [-0.1, -0.05) is 6.92 Å². The molecule has 2 aliphatic rings. The number of hydrogen-bond donors (Lipinski definition) is 1. The summed E-state index contributed by atoms with van der Waals surface area (Å²) in [5.74, 6) is -5.38. The Balaban J connectivity index is 1.76. The van der Waals surface area contributed by atoms with Gasteiger partial charge in [-0.15, -0.1) is 0 Å². The molecule has 1 saturated carbocycles. The van der Waals surface area contributed by atoms with Gasteiger partial charge in [-0.2, -0.15) is 8.78 Å². The summed E-state index contributed by atoms with van der Waals surface area (Å²) < 4.78 is 43.0. The van der Waals surface area contributed by atoms with Crippen LogP contribution in [0.25, 0.3) is 0 Å². The van der Waals surface area contributed by atoms with E-state index < -0.39 is 35.7 Å². The van der Waals surface area contributed by atoms with Crippen LogP contribution in [0.2, 0.25) is 0 Å². The zero-order valence-corrected chi connectivity index (χ0v) is 15.8. The van der Waals surface area contributed by atoms with E-state index >= 15 is 0 Å². The summed E-state index contributed by atoms with van der Waals surface area (Å²) in [4.78, 5) is 29.8. The molecule has 1 aromatic heterocycles. The highest BCUT2D eigenvalue weighted by Gasteiger charge is 2.45. The van der Waals surface area contributed by atoms with E-state index in [0.717, 1.165) is 25.0 Å². The molecule has 0 saturated heterocycles. The fourth-order valence-electron chi connectivity index (χ4n) is 3.74. The number of aromatic nitrogens is 1. The molecule has 1 unspecified atom stereocenters. The minimum atomic E-state index is -3.18. The summed E-state index contributed by atoms with van der Waals surface area (Å²) in [6, 6.07) is 6.55. The van der Waals surface area contributed by atoms with Crippen molar-refractivity contribution in [3.8, 4) is 0 Å². The monoisotopic (exact) mass is 403 g/mol. The van der Waals surface area contributed by atoms with Crippen LogP contribution in [0.3, 0.4) is 0 Å². The van der Waals surface area contributed by atoms with Gasteiger partial charge in [-0.3, -0.25) is 9.59 Å². The molecular weight excluding hydrogens is 383 g/mol. The molecule has 8 heteroatoms. The number of halogens is 3. The molecule has 1 aliphatic carbocycles. The average molecular weight is 403 g/mol. The second-order valence-electron chi connectivity index (χ2n) is 7.64. The number of carbonyl (C=O) groups is 2. The van der Waals surface area contributed by atoms with E-state index in [-0.39, 0.29) is 40.9 Å². The number of alkyl halides is 2. The van der Waals surface area contributed by atoms with E-state index in [1.807, 2.05) is 0 Å². The topological polar surface area (TPSA) is 76.3 Å². The van der Waals surface area contributed by atoms with Crippen LogP contribution in [0, 0.1) is 11.7 Å². The first-order chi connectivity index (χ1) is 13.7. The lowest BCUT2D eigenvalue weighted by atomic mass is 9.91. The first-order valence-electron chi connectivity index (χ1n) is 9.49. The molecule has 5 nitrogen and oxygen atoms in total. The number of amides is 2. The normalized spacial score (nSPS) is 18.8. The molecular formula is C21H20F3N3O2. The number of carbonyl (C=O) groups excluding carboxylic acids is 2. The summed E-state index contributed by atoms with van der Waals surface area (Å²) >= 11 is 0. The maximum absolute atomic E-state index is 14.6. The van der Waals surface area contributed by atoms with E-state index in [2.05, 4.69) is 4.98 Å². The van der Waals surface area contributed by atoms with Gasteiger partial charge < -0.3 is 10.6 Å². The highest BCUT2D eigenvalue weighted by molar-refractivity contribution is 5.97. The van der Waals surface area contributed by atoms with E-state index in [1.54, 1.807) is 6.92 Å². The smallest absolute Gasteiger partial charge is 0.293 e. The largest absolute Gasteiger partial charge is 0.366 e. The van der Waals surface area contributed by atoms with Crippen LogP contribution in [0.5, 0.6) is 0 Å². The lowest BCUT2D eigenvalue weighted by molar-refractivity contribution is -0.120. The molecule has 0 spiro atoms. The second kappa shape index (κ2) is 6.86. The molecule has 152 valence electrons. The minimum absolute atomic E-state index is 0.0539. The van der Waals surface area contributed by atoms with Gasteiger partial charge in [-0.25, -0.2) is 9.37 Å². The van der Waals surface area contributed by atoms with Crippen molar-refractivity contribution < 1.29 is 22.8 Å². The van der Waals surface area contributed by atoms with Crippen LogP contribution >= 0.6 is 0 Å². The number of fused-ring (bicyclic) bond motifs is 1. The molecule has 0 bridgehead atoms. The quantitative estimate of drug-likeness (QED) is 0.846. The fraction of sp³-hybridized carbons (Fsp3) is 0.381. The van der Waals surface area contributed by atoms with Crippen LogP contribution < -0.4 is 10.6 Å². The zero-order chi connectivity index (χ0) is 20.9. The number of primary amides is 1. The van der Waals surface area contributed by atoms with E-state index in [9.17, 15) is 22.8 Å². The van der Waals surface area contributed by atoms with Crippen molar-refractivity contribution in [2.24, 2.45) is 11.7 Å². The molecule has 2 N–H and O–H groups in total. The number of benzene rings is 1. The van der Waals surface area contributed by atoms with Crippen molar-refractivity contribution >= 4 is 17.5 Å². The van der Waals surface area contributed by atoms with Crippen LogP contribution in [-0.2, 0) is 10.7 Å². The number of nitrogens with two attached hydrogens (primary N) is 1. The van der Waals surface area contributed by atoms with Gasteiger partial charge in [0.2, 0.25) is 11.8 Å². The Morgan fingerprint density at radius 2 is 1.97 bits per heavy atom. The summed E-state index contributed by atoms with van der Waals surface area (Å²) in [6.07, 6.45) is 1.05. The molecule has 1 aromatic carbocycles. The zero-order valence-electron chi connectivity index (χ0n) is 15.8. The van der Waals surface area contributed by atoms with Gasteiger partial charge in [0, 0.05) is 36.1 Å². The van der Waals surface area contributed by atoms with Gasteiger partial charge in [0.25, 0.3) is 5.92 Å². The standard InChI is InChI=1S/C21H20F3N3O2/c1-11(15-10-13(22)4-5-14(15)19(25)28)16-6-7-17-18(26-16)21(23,24)8-9-27(17)20(29)12-2-3-12/h4-7,10-12H,2-3,8-9H2,1H3,(H2,25,28). The molecule has 2 aromatic rings. The van der Waals surface area contributed by atoms with Crippen molar-refractivity contribution in [3.63, 3.8) is 0 Å². The summed E-state index contributed by atoms with van der Waals surface area (Å²) in [5.41, 5.74) is 5.66. The molecule has 29 heavy (non-hydrogen) atoms. The second-order valence-corrected chi connectivity index (χ2v) is 7.64. The molecule has 2 amide bonds. The predicted molar refractivity (Wildman–Crippen MR) is 100 cm³/mol. The Labute approximate surface area is 165 Å². The average Bonchev–Trinajstić information content (AvgIpc) is 3.52. The lowest BCUT2D eigenvalue weighted by Crippen LogP contribution is -2.41. The number of anilines is 1. The van der Waals surface area contributed by atoms with Crippen molar-refractivity contribution in [3.05, 3.63) is 58.7 Å². The summed E-state index contributed by atoms with van der Waals surface area (Å²) in [7, 11) is 0. The van der Waals surface area contributed by atoms with E-state index in [1.165, 1.54) is 23.1 Å². The van der Waals surface area contributed by atoms with Crippen molar-refractivity contribution in [1.82, 2.24) is 4.98 Å². The Kier molecular flexibility index (Phi) is 4.59. The van der Waals surface area contributed by atoms with E-state index in [4.69, 9.17) is 5.73 Å². The Morgan fingerprint density at radius 1 is 1.24 bits per heavy atom. The number of rotatable bonds is 4. The summed E-state index contributed by atoms with van der Waals surface area (Å²) in [5, 5.41) is 0. The van der Waals surface area contributed by atoms with Gasteiger partial charge >= 0.3 is 0 Å². The Morgan fingerprint density at radius 3 is 2.62 bits per heavy atom. The van der Waals surface area contributed by atoms with Crippen LogP contribution in [0.4, 0.5) is 18.9 Å². The number of nitrogens with zero attached hydrogens (tertiary/aromatic N) is 2. The Bertz CT molecular complexity index is 1000. The molecule has 2 heterocycles. The molecule has 4 rings (SSSR count). The third-order valence-electron chi connectivity index (χ3n) is 5.56. The van der Waals surface area contributed by atoms with Crippen molar-refractivity contribution in [2.75, 3.05) is 11.4 Å². The van der Waals surface area contributed by atoms with Gasteiger partial charge in [0.15, 0.2) is 0 Å². The highest BCUT2D eigenvalue weighted by atomic mass is 19.3. The van der Waals surface area contributed by atoms with Gasteiger partial charge in [-0.05, 0) is 48.7 Å². The number of pyridine rings is 1. The molecule has 0 radical (unpaired) electrons. The van der Waals surface area contributed by atoms with Crippen LogP contribution in [-0.4, -0.2) is 23.3 Å². The predicted octanol–water partition coefficient (Wildman–Crippen LogP) is 3.71. The first-order valence-corrected chi connectivity index (χ1v) is 9.49. The first kappa shape index (κ1) is 19.4. The molecule has 1 fully saturated rings. The van der Waals surface area contributed by atoms with Crippen molar-refractivity contribution in [1.29, 1.82) is 0 Å². The van der Waals surface area contributed by atoms with Crippen LogP contribution in [0.15, 0.2) is 30.3 Å². The van der Waals surface area contributed by atoms with Crippen LogP contribution in [0.1, 0.15) is 59.4 Å². The summed E-state index contributed by atoms with van der Waals surface area (Å²) in [6.45, 7) is 1.59. The molecule has 1 atom stereocenters. The SMILES string of the molecule is CC(c1ccc2c(n1)C(F)(F)CCN2C(=O)C1CC1)c1cc(F)ccc1C(N)=O. The number of hydrogen-bond acceptors (Lipinski definition) is 3. The maximum atomic E-state index is 14.6. The van der Waals surface area contributed by atoms with E-state index in [0.29, 0.717) is 0 Å². The molecule has 1 aliphatic heterocycles. The van der Waals surface area contributed by atoms with Crippen molar-refractivity contribution in [2.45, 2.75) is 38.0 Å². The van der Waals surface area contributed by atoms with Gasteiger partial charge in [0.05, 0.1) is 5.69 Å². The fourth-order valence-corrected chi connectivity index (χ4v) is 3.74. The highest BCUT2D eigenvalue weighted by Crippen LogP contribution is 2.44. The lowest BCUT2D eigenvalue weighted by Gasteiger charge is -2.34. The minimum Gasteiger partial charge on any atom is -0.366 e. The third kappa shape index (κ3) is 3.47. The third-order valence-corrected chi connectivity index (χ3v) is 5.56. The van der Waals surface area contributed by atoms with Gasteiger partial charge in [0.1, 0.15) is 11.5 Å². The maximum Gasteiger partial charge on any atom is 0.293 e. The Hall–Kier alpha value is -2.90.